The number of thiophene rings is 1. The average molecular weight is 375 g/mol. The van der Waals surface area contributed by atoms with Crippen LogP contribution >= 0.6 is 22.9 Å². The number of nitrogens with zero attached hydrogens (tertiary/aromatic N) is 2. The highest BCUT2D eigenvalue weighted by atomic mass is 35.5. The standard InChI is InChI=1S/C17H15ClN4O2S/c18-10-3-1-2-9(6-10)13-7-12-15(25-13)14(17(23)24)21-22-16(12)20-11-4-5-19-8-11/h1-3,6-7,11,19H,4-5,8H2,(H,20,22)(H,23,24). The number of benzene rings is 1. The molecule has 1 fully saturated rings. The number of anilines is 1. The third-order valence-corrected chi connectivity index (χ3v) is 5.59. The Labute approximate surface area is 152 Å². The van der Waals surface area contributed by atoms with Crippen LogP contribution in [0.15, 0.2) is 30.3 Å². The van der Waals surface area contributed by atoms with Gasteiger partial charge >= 0.3 is 5.97 Å². The summed E-state index contributed by atoms with van der Waals surface area (Å²) in [4.78, 5) is 12.5. The van der Waals surface area contributed by atoms with Gasteiger partial charge in [0.2, 0.25) is 0 Å². The van der Waals surface area contributed by atoms with E-state index >= 15 is 0 Å². The first-order chi connectivity index (χ1) is 12.1. The Bertz CT molecular complexity index is 953. The first kappa shape index (κ1) is 16.3. The molecular formula is C17H15ClN4O2S. The Morgan fingerprint density at radius 1 is 1.36 bits per heavy atom. The van der Waals surface area contributed by atoms with Crippen molar-refractivity contribution in [3.05, 3.63) is 41.0 Å². The molecule has 0 bridgehead atoms. The molecule has 0 radical (unpaired) electrons. The lowest BCUT2D eigenvalue weighted by molar-refractivity contribution is 0.0692. The number of aromatic carboxylic acids is 1. The van der Waals surface area contributed by atoms with Crippen molar-refractivity contribution in [1.82, 2.24) is 15.5 Å². The number of halogens is 1. The van der Waals surface area contributed by atoms with Gasteiger partial charge in [-0.3, -0.25) is 0 Å². The molecule has 0 aliphatic carbocycles. The lowest BCUT2D eigenvalue weighted by Crippen LogP contribution is -2.23. The van der Waals surface area contributed by atoms with Crippen LogP contribution in [-0.2, 0) is 0 Å². The molecule has 0 saturated carbocycles. The lowest BCUT2D eigenvalue weighted by Gasteiger charge is -2.12. The Balaban J connectivity index is 1.84. The fraction of sp³-hybridized carbons (Fsp3) is 0.235. The third kappa shape index (κ3) is 3.18. The molecule has 4 rings (SSSR count). The van der Waals surface area contributed by atoms with Crippen molar-refractivity contribution in [1.29, 1.82) is 0 Å². The topological polar surface area (TPSA) is 87.1 Å². The maximum Gasteiger partial charge on any atom is 0.357 e. The number of fused-ring (bicyclic) bond motifs is 1. The van der Waals surface area contributed by atoms with Gasteiger partial charge in [-0.25, -0.2) is 4.79 Å². The summed E-state index contributed by atoms with van der Waals surface area (Å²) in [6.07, 6.45) is 0.995. The fourth-order valence-electron chi connectivity index (χ4n) is 2.94. The predicted molar refractivity (Wildman–Crippen MR) is 99.7 cm³/mol. The largest absolute Gasteiger partial charge is 0.476 e. The van der Waals surface area contributed by atoms with E-state index in [-0.39, 0.29) is 11.7 Å². The molecule has 1 aromatic carbocycles. The maximum atomic E-state index is 11.5. The van der Waals surface area contributed by atoms with E-state index < -0.39 is 5.97 Å². The molecule has 2 aromatic heterocycles. The Morgan fingerprint density at radius 3 is 2.96 bits per heavy atom. The number of carboxylic acids is 1. The van der Waals surface area contributed by atoms with Crippen molar-refractivity contribution in [2.24, 2.45) is 0 Å². The summed E-state index contributed by atoms with van der Waals surface area (Å²) in [5.41, 5.74) is 0.918. The van der Waals surface area contributed by atoms with Gasteiger partial charge in [0.1, 0.15) is 0 Å². The van der Waals surface area contributed by atoms with E-state index in [1.807, 2.05) is 30.3 Å². The molecule has 1 aliphatic rings. The summed E-state index contributed by atoms with van der Waals surface area (Å²) in [6.45, 7) is 1.81. The maximum absolute atomic E-state index is 11.5. The van der Waals surface area contributed by atoms with Crippen LogP contribution in [0, 0.1) is 0 Å². The molecule has 1 saturated heterocycles. The molecule has 1 aliphatic heterocycles. The van der Waals surface area contributed by atoms with Gasteiger partial charge in [-0.15, -0.1) is 21.5 Å². The van der Waals surface area contributed by atoms with E-state index in [1.54, 1.807) is 0 Å². The minimum Gasteiger partial charge on any atom is -0.476 e. The van der Waals surface area contributed by atoms with Gasteiger partial charge in [0.05, 0.1) is 4.70 Å². The zero-order valence-corrected chi connectivity index (χ0v) is 14.7. The van der Waals surface area contributed by atoms with Gasteiger partial charge in [-0.05, 0) is 36.7 Å². The highest BCUT2D eigenvalue weighted by Crippen LogP contribution is 2.38. The first-order valence-electron chi connectivity index (χ1n) is 7.88. The fourth-order valence-corrected chi connectivity index (χ4v) is 4.27. The van der Waals surface area contributed by atoms with E-state index in [1.165, 1.54) is 11.3 Å². The molecule has 1 unspecified atom stereocenters. The smallest absolute Gasteiger partial charge is 0.357 e. The van der Waals surface area contributed by atoms with Crippen LogP contribution in [0.2, 0.25) is 5.02 Å². The summed E-state index contributed by atoms with van der Waals surface area (Å²) in [7, 11) is 0. The van der Waals surface area contributed by atoms with Crippen molar-refractivity contribution in [2.45, 2.75) is 12.5 Å². The van der Waals surface area contributed by atoms with Crippen molar-refractivity contribution >= 4 is 44.8 Å². The van der Waals surface area contributed by atoms with Gasteiger partial charge in [0.25, 0.3) is 0 Å². The van der Waals surface area contributed by atoms with Crippen LogP contribution in [0.25, 0.3) is 20.5 Å². The van der Waals surface area contributed by atoms with Crippen LogP contribution in [0.5, 0.6) is 0 Å². The number of rotatable bonds is 4. The van der Waals surface area contributed by atoms with Gasteiger partial charge in [0, 0.05) is 27.9 Å². The molecule has 0 spiro atoms. The van der Waals surface area contributed by atoms with E-state index in [9.17, 15) is 9.90 Å². The Morgan fingerprint density at radius 2 is 2.24 bits per heavy atom. The number of hydrogen-bond acceptors (Lipinski definition) is 6. The molecule has 3 N–H and O–H groups in total. The summed E-state index contributed by atoms with van der Waals surface area (Å²) in [5, 5.41) is 25.6. The van der Waals surface area contributed by atoms with Crippen molar-refractivity contribution in [2.75, 3.05) is 18.4 Å². The summed E-state index contributed by atoms with van der Waals surface area (Å²) in [5.74, 6) is -0.454. The lowest BCUT2D eigenvalue weighted by atomic mass is 10.1. The second kappa shape index (κ2) is 6.59. The van der Waals surface area contributed by atoms with Gasteiger partial charge < -0.3 is 15.7 Å². The molecule has 128 valence electrons. The highest BCUT2D eigenvalue weighted by molar-refractivity contribution is 7.22. The normalized spacial score (nSPS) is 17.1. The van der Waals surface area contributed by atoms with Crippen molar-refractivity contribution < 1.29 is 9.90 Å². The number of carboxylic acid groups (broad SMARTS) is 1. The number of hydrogen-bond donors (Lipinski definition) is 3. The van der Waals surface area contributed by atoms with Crippen molar-refractivity contribution in [3.8, 4) is 10.4 Å². The molecule has 3 aromatic rings. The Kier molecular flexibility index (Phi) is 4.29. The molecule has 1 atom stereocenters. The zero-order chi connectivity index (χ0) is 17.4. The summed E-state index contributed by atoms with van der Waals surface area (Å²) < 4.78 is 0.617. The van der Waals surface area contributed by atoms with E-state index in [4.69, 9.17) is 11.6 Å². The highest BCUT2D eigenvalue weighted by Gasteiger charge is 2.21. The van der Waals surface area contributed by atoms with Gasteiger partial charge in [0.15, 0.2) is 11.5 Å². The first-order valence-corrected chi connectivity index (χ1v) is 9.08. The van der Waals surface area contributed by atoms with Crippen LogP contribution < -0.4 is 10.6 Å². The zero-order valence-electron chi connectivity index (χ0n) is 13.1. The molecule has 8 heteroatoms. The van der Waals surface area contributed by atoms with Crippen molar-refractivity contribution in [3.63, 3.8) is 0 Å². The second-order valence-corrected chi connectivity index (χ2v) is 7.39. The monoisotopic (exact) mass is 374 g/mol. The van der Waals surface area contributed by atoms with Gasteiger partial charge in [-0.2, -0.15) is 0 Å². The van der Waals surface area contributed by atoms with Crippen LogP contribution in [0.1, 0.15) is 16.9 Å². The van der Waals surface area contributed by atoms with Gasteiger partial charge in [-0.1, -0.05) is 23.7 Å². The van der Waals surface area contributed by atoms with Crippen LogP contribution in [0.3, 0.4) is 0 Å². The Hall–Kier alpha value is -2.22. The quantitative estimate of drug-likeness (QED) is 0.648. The summed E-state index contributed by atoms with van der Waals surface area (Å²) in [6, 6.07) is 9.72. The molecular weight excluding hydrogens is 360 g/mol. The molecule has 3 heterocycles. The number of aromatic nitrogens is 2. The van der Waals surface area contributed by atoms with Crippen LogP contribution in [0.4, 0.5) is 5.82 Å². The summed E-state index contributed by atoms with van der Waals surface area (Å²) >= 11 is 7.47. The third-order valence-electron chi connectivity index (χ3n) is 4.17. The SMILES string of the molecule is O=C(O)c1nnc(NC2CCNC2)c2cc(-c3cccc(Cl)c3)sc12. The van der Waals surface area contributed by atoms with E-state index in [2.05, 4.69) is 20.8 Å². The predicted octanol–water partition coefficient (Wildman–Crippen LogP) is 3.48. The van der Waals surface area contributed by atoms with Crippen LogP contribution in [-0.4, -0.2) is 40.4 Å². The minimum absolute atomic E-state index is 0.0247. The number of carbonyl (C=O) groups is 1. The molecule has 25 heavy (non-hydrogen) atoms. The van der Waals surface area contributed by atoms with E-state index in [0.29, 0.717) is 15.5 Å². The molecule has 6 nitrogen and oxygen atoms in total. The molecule has 0 amide bonds. The minimum atomic E-state index is -1.08. The second-order valence-electron chi connectivity index (χ2n) is 5.90. The number of nitrogens with one attached hydrogen (secondary N) is 2. The average Bonchev–Trinajstić information content (AvgIpc) is 3.24. The van der Waals surface area contributed by atoms with E-state index in [0.717, 1.165) is 35.3 Å².